The van der Waals surface area contributed by atoms with E-state index in [4.69, 9.17) is 13.9 Å². The van der Waals surface area contributed by atoms with E-state index in [9.17, 15) is 13.2 Å². The molecule has 0 radical (unpaired) electrons. The zero-order chi connectivity index (χ0) is 24.7. The summed E-state index contributed by atoms with van der Waals surface area (Å²) in [4.78, 5) is 12.8. The number of sulfonamides is 1. The zero-order valence-electron chi connectivity index (χ0n) is 19.8. The highest BCUT2D eigenvalue weighted by Gasteiger charge is 2.28. The van der Waals surface area contributed by atoms with Gasteiger partial charge in [0.05, 0.1) is 31.1 Å². The average molecular weight is 487 g/mol. The third-order valence-electron chi connectivity index (χ3n) is 5.23. The van der Waals surface area contributed by atoms with Crippen LogP contribution in [0.1, 0.15) is 23.3 Å². The van der Waals surface area contributed by atoms with Gasteiger partial charge in [0.2, 0.25) is 5.91 Å². The van der Waals surface area contributed by atoms with E-state index in [-0.39, 0.29) is 17.2 Å². The number of anilines is 1. The fourth-order valence-corrected chi connectivity index (χ4v) is 5.07. The number of hydrogen-bond acceptors (Lipinski definition) is 6. The minimum Gasteiger partial charge on any atom is -0.493 e. The minimum atomic E-state index is -4.08. The van der Waals surface area contributed by atoms with Crippen LogP contribution in [0.15, 0.2) is 64.1 Å². The molecule has 0 fully saturated rings. The monoisotopic (exact) mass is 486 g/mol. The summed E-state index contributed by atoms with van der Waals surface area (Å²) in [5.74, 6) is 1.13. The van der Waals surface area contributed by atoms with Gasteiger partial charge < -0.3 is 19.2 Å². The topological polar surface area (TPSA) is 98.1 Å². The molecule has 0 aliphatic rings. The summed E-state index contributed by atoms with van der Waals surface area (Å²) < 4.78 is 44.3. The van der Waals surface area contributed by atoms with Crippen molar-refractivity contribution in [2.75, 3.05) is 31.6 Å². The highest BCUT2D eigenvalue weighted by molar-refractivity contribution is 7.92. The predicted molar refractivity (Wildman–Crippen MR) is 130 cm³/mol. The summed E-state index contributed by atoms with van der Waals surface area (Å²) >= 11 is 0. The van der Waals surface area contributed by atoms with Crippen molar-refractivity contribution in [2.45, 2.75) is 31.6 Å². The van der Waals surface area contributed by atoms with Crippen LogP contribution >= 0.6 is 0 Å². The Balaban J connectivity index is 1.85. The molecule has 0 bridgehead atoms. The summed E-state index contributed by atoms with van der Waals surface area (Å²) in [7, 11) is -1.17. The molecule has 9 heteroatoms. The van der Waals surface area contributed by atoms with Crippen LogP contribution in [0, 0.1) is 13.8 Å². The Morgan fingerprint density at radius 1 is 1.00 bits per heavy atom. The molecule has 1 heterocycles. The Kier molecular flexibility index (Phi) is 8.22. The summed E-state index contributed by atoms with van der Waals surface area (Å²) in [6, 6.07) is 13.5. The lowest BCUT2D eigenvalue weighted by Gasteiger charge is -2.25. The molecule has 182 valence electrons. The number of furan rings is 1. The standard InChI is InChI=1S/C25H30N2O6S/c1-18-13-19(2)15-20(14-18)27(17-25(28)26-11-5-7-21-8-6-12-33-21)34(29,30)22-9-10-23(31-3)24(16-22)32-4/h6,8-10,12-16H,5,7,11,17H2,1-4H3,(H,26,28). The molecular formula is C25H30N2O6S. The van der Waals surface area contributed by atoms with Crippen molar-refractivity contribution in [3.05, 3.63) is 71.7 Å². The van der Waals surface area contributed by atoms with Crippen molar-refractivity contribution in [1.29, 1.82) is 0 Å². The Hall–Kier alpha value is -3.46. The number of carbonyl (C=O) groups is 1. The fraction of sp³-hybridized carbons (Fsp3) is 0.320. The van der Waals surface area contributed by atoms with E-state index in [1.165, 1.54) is 32.4 Å². The second-order valence-corrected chi connectivity index (χ2v) is 9.77. The highest BCUT2D eigenvalue weighted by Crippen LogP contribution is 2.32. The quantitative estimate of drug-likeness (QED) is 0.414. The molecule has 3 aromatic rings. The molecule has 0 unspecified atom stereocenters. The van der Waals surface area contributed by atoms with Crippen LogP contribution in [0.3, 0.4) is 0 Å². The lowest BCUT2D eigenvalue weighted by atomic mass is 10.1. The zero-order valence-corrected chi connectivity index (χ0v) is 20.6. The molecule has 1 amide bonds. The first-order chi connectivity index (χ1) is 16.2. The molecular weight excluding hydrogens is 456 g/mol. The van der Waals surface area contributed by atoms with Crippen LogP contribution in [-0.2, 0) is 21.2 Å². The molecule has 34 heavy (non-hydrogen) atoms. The van der Waals surface area contributed by atoms with Gasteiger partial charge in [-0.15, -0.1) is 0 Å². The number of aryl methyl sites for hydroxylation is 3. The van der Waals surface area contributed by atoms with Gasteiger partial charge >= 0.3 is 0 Å². The van der Waals surface area contributed by atoms with Gasteiger partial charge in [-0.2, -0.15) is 0 Å². The van der Waals surface area contributed by atoms with E-state index < -0.39 is 15.9 Å². The average Bonchev–Trinajstić information content (AvgIpc) is 3.32. The summed E-state index contributed by atoms with van der Waals surface area (Å²) in [5.41, 5.74) is 2.20. The Labute approximate surface area is 200 Å². The molecule has 3 rings (SSSR count). The van der Waals surface area contributed by atoms with E-state index in [0.29, 0.717) is 30.8 Å². The van der Waals surface area contributed by atoms with Crippen molar-refractivity contribution in [3.63, 3.8) is 0 Å². The van der Waals surface area contributed by atoms with Crippen molar-refractivity contribution < 1.29 is 27.1 Å². The van der Waals surface area contributed by atoms with Crippen LogP contribution in [0.2, 0.25) is 0 Å². The smallest absolute Gasteiger partial charge is 0.264 e. The normalized spacial score (nSPS) is 11.2. The maximum absolute atomic E-state index is 13.7. The van der Waals surface area contributed by atoms with Crippen molar-refractivity contribution in [1.82, 2.24) is 5.32 Å². The molecule has 2 aromatic carbocycles. The van der Waals surface area contributed by atoms with Gasteiger partial charge in [-0.1, -0.05) is 6.07 Å². The van der Waals surface area contributed by atoms with Crippen molar-refractivity contribution in [3.8, 4) is 11.5 Å². The first kappa shape index (κ1) is 25.2. The third-order valence-corrected chi connectivity index (χ3v) is 7.00. The molecule has 0 saturated heterocycles. The van der Waals surface area contributed by atoms with Gasteiger partial charge in [0.25, 0.3) is 10.0 Å². The number of ether oxygens (including phenoxy) is 2. The minimum absolute atomic E-state index is 0.00470. The van der Waals surface area contributed by atoms with E-state index in [2.05, 4.69) is 5.32 Å². The Bertz CT molecular complexity index is 1200. The number of carbonyl (C=O) groups excluding carboxylic acids is 1. The van der Waals surface area contributed by atoms with Crippen LogP contribution in [0.25, 0.3) is 0 Å². The maximum Gasteiger partial charge on any atom is 0.264 e. The fourth-order valence-electron chi connectivity index (χ4n) is 3.65. The predicted octanol–water partition coefficient (Wildman–Crippen LogP) is 3.86. The molecule has 8 nitrogen and oxygen atoms in total. The van der Waals surface area contributed by atoms with E-state index in [0.717, 1.165) is 21.2 Å². The molecule has 0 aliphatic carbocycles. The number of methoxy groups -OCH3 is 2. The summed E-state index contributed by atoms with van der Waals surface area (Å²) in [6.45, 7) is 3.80. The third kappa shape index (κ3) is 6.11. The molecule has 1 N–H and O–H groups in total. The van der Waals surface area contributed by atoms with Gasteiger partial charge in [-0.05, 0) is 67.8 Å². The number of amides is 1. The van der Waals surface area contributed by atoms with E-state index in [1.54, 1.807) is 18.4 Å². The Morgan fingerprint density at radius 2 is 1.71 bits per heavy atom. The van der Waals surface area contributed by atoms with Crippen LogP contribution in [0.5, 0.6) is 11.5 Å². The molecule has 0 atom stereocenters. The number of hydrogen-bond donors (Lipinski definition) is 1. The van der Waals surface area contributed by atoms with E-state index >= 15 is 0 Å². The van der Waals surface area contributed by atoms with Crippen molar-refractivity contribution >= 4 is 21.6 Å². The second-order valence-electron chi connectivity index (χ2n) is 7.91. The maximum atomic E-state index is 13.7. The van der Waals surface area contributed by atoms with Gasteiger partial charge in [-0.3, -0.25) is 9.10 Å². The largest absolute Gasteiger partial charge is 0.493 e. The van der Waals surface area contributed by atoms with Gasteiger partial charge in [0, 0.05) is 19.0 Å². The molecule has 0 spiro atoms. The summed E-state index contributed by atoms with van der Waals surface area (Å²) in [6.07, 6.45) is 2.96. The van der Waals surface area contributed by atoms with E-state index in [1.807, 2.05) is 32.0 Å². The van der Waals surface area contributed by atoms with Crippen molar-refractivity contribution in [2.24, 2.45) is 0 Å². The van der Waals surface area contributed by atoms with Gasteiger partial charge in [0.1, 0.15) is 12.3 Å². The first-order valence-corrected chi connectivity index (χ1v) is 12.3. The number of rotatable bonds is 11. The molecule has 1 aromatic heterocycles. The number of nitrogens with one attached hydrogen (secondary N) is 1. The second kappa shape index (κ2) is 11.1. The van der Waals surface area contributed by atoms with Gasteiger partial charge in [-0.25, -0.2) is 8.42 Å². The lowest BCUT2D eigenvalue weighted by molar-refractivity contribution is -0.119. The van der Waals surface area contributed by atoms with Crippen LogP contribution in [0.4, 0.5) is 5.69 Å². The lowest BCUT2D eigenvalue weighted by Crippen LogP contribution is -2.41. The molecule has 0 saturated carbocycles. The number of benzene rings is 2. The molecule has 0 aliphatic heterocycles. The Morgan fingerprint density at radius 3 is 2.32 bits per heavy atom. The van der Waals surface area contributed by atoms with Crippen LogP contribution in [-0.4, -0.2) is 41.6 Å². The highest BCUT2D eigenvalue weighted by atomic mass is 32.2. The summed E-state index contributed by atoms with van der Waals surface area (Å²) in [5, 5.41) is 2.81. The van der Waals surface area contributed by atoms with Gasteiger partial charge in [0.15, 0.2) is 11.5 Å². The number of nitrogens with zero attached hydrogens (tertiary/aromatic N) is 1. The van der Waals surface area contributed by atoms with Crippen LogP contribution < -0.4 is 19.1 Å². The SMILES string of the molecule is COc1ccc(S(=O)(=O)N(CC(=O)NCCCc2ccco2)c2cc(C)cc(C)c2)cc1OC. The first-order valence-electron chi connectivity index (χ1n) is 10.9.